The maximum Gasteiger partial charge on any atom is 0.265 e. The number of halogens is 1. The van der Waals surface area contributed by atoms with Gasteiger partial charge < -0.3 is 15.1 Å². The molecule has 1 aliphatic rings. The van der Waals surface area contributed by atoms with Crippen LogP contribution in [0.4, 0.5) is 17.2 Å². The van der Waals surface area contributed by atoms with E-state index in [4.69, 9.17) is 16.6 Å². The Hall–Kier alpha value is -4.01. The number of carbonyl (C=O) groups is 1. The molecule has 0 unspecified atom stereocenters. The lowest BCUT2D eigenvalue weighted by atomic mass is 10.0. The van der Waals surface area contributed by atoms with E-state index in [1.165, 1.54) is 17.0 Å². The number of nitrogens with one attached hydrogen (secondary N) is 1. The molecule has 0 aliphatic carbocycles. The van der Waals surface area contributed by atoms with Gasteiger partial charge in [0.05, 0.1) is 26.4 Å². The van der Waals surface area contributed by atoms with Crippen molar-refractivity contribution >= 4 is 57.1 Å². The molecule has 0 spiro atoms. The standard InChI is InChI=1S/C28H23ClN6OS/c29-26-8-7-25(37-26)28(36)32-21-4-1-19(2-5-21)20-3-6-23-24(17-20)33-27(18-31-23)35-15-13-34(14-16-35)22-9-11-30-12-10-22/h1-12,17-18H,13-16H2,(H,32,36). The van der Waals surface area contributed by atoms with Gasteiger partial charge in [0.1, 0.15) is 5.82 Å². The Kier molecular flexibility index (Phi) is 6.42. The molecule has 3 aromatic heterocycles. The summed E-state index contributed by atoms with van der Waals surface area (Å²) >= 11 is 7.20. The molecule has 184 valence electrons. The van der Waals surface area contributed by atoms with Gasteiger partial charge in [-0.1, -0.05) is 29.8 Å². The summed E-state index contributed by atoms with van der Waals surface area (Å²) in [5.41, 5.74) is 5.74. The smallest absolute Gasteiger partial charge is 0.265 e. The van der Waals surface area contributed by atoms with E-state index in [9.17, 15) is 4.79 Å². The van der Waals surface area contributed by atoms with E-state index in [0.717, 1.165) is 59.8 Å². The molecule has 0 atom stereocenters. The van der Waals surface area contributed by atoms with Crippen LogP contribution in [0, 0.1) is 0 Å². The predicted molar refractivity (Wildman–Crippen MR) is 151 cm³/mol. The fourth-order valence-electron chi connectivity index (χ4n) is 4.46. The largest absolute Gasteiger partial charge is 0.368 e. The van der Waals surface area contributed by atoms with Crippen molar-refractivity contribution in [1.82, 2.24) is 15.0 Å². The average molecular weight is 527 g/mol. The molecule has 1 N–H and O–H groups in total. The van der Waals surface area contributed by atoms with Crippen LogP contribution in [0.3, 0.4) is 0 Å². The Morgan fingerprint density at radius 1 is 0.838 bits per heavy atom. The third-order valence-electron chi connectivity index (χ3n) is 6.43. The van der Waals surface area contributed by atoms with Crippen LogP contribution in [0.5, 0.6) is 0 Å². The van der Waals surface area contributed by atoms with Crippen molar-refractivity contribution in [3.63, 3.8) is 0 Å². The van der Waals surface area contributed by atoms with Gasteiger partial charge in [0.2, 0.25) is 0 Å². The number of piperazine rings is 1. The number of nitrogens with zero attached hydrogens (tertiary/aromatic N) is 5. The van der Waals surface area contributed by atoms with Crippen LogP contribution in [0.25, 0.3) is 22.2 Å². The summed E-state index contributed by atoms with van der Waals surface area (Å²) in [6, 6.07) is 21.4. The molecular formula is C28H23ClN6OS. The highest BCUT2D eigenvalue weighted by molar-refractivity contribution is 7.18. The maximum absolute atomic E-state index is 12.4. The topological polar surface area (TPSA) is 74.2 Å². The molecule has 7 nitrogen and oxygen atoms in total. The summed E-state index contributed by atoms with van der Waals surface area (Å²) in [5, 5.41) is 2.92. The SMILES string of the molecule is O=C(Nc1ccc(-c2ccc3ncc(N4CCN(c5ccncc5)CC4)nc3c2)cc1)c1ccc(Cl)s1. The number of anilines is 3. The second-order valence-electron chi connectivity index (χ2n) is 8.75. The van der Waals surface area contributed by atoms with Gasteiger partial charge in [-0.3, -0.25) is 14.8 Å². The van der Waals surface area contributed by atoms with E-state index in [1.54, 1.807) is 12.1 Å². The molecule has 5 aromatic rings. The summed E-state index contributed by atoms with van der Waals surface area (Å²) in [4.78, 5) is 31.4. The minimum atomic E-state index is -0.167. The van der Waals surface area contributed by atoms with Gasteiger partial charge in [-0.05, 0) is 59.7 Å². The van der Waals surface area contributed by atoms with Crippen LogP contribution in [-0.2, 0) is 0 Å². The molecule has 4 heterocycles. The average Bonchev–Trinajstić information content (AvgIpc) is 3.40. The zero-order chi connectivity index (χ0) is 25.2. The lowest BCUT2D eigenvalue weighted by Gasteiger charge is -2.36. The van der Waals surface area contributed by atoms with Gasteiger partial charge in [-0.2, -0.15) is 0 Å². The van der Waals surface area contributed by atoms with E-state index in [2.05, 4.69) is 31.2 Å². The van der Waals surface area contributed by atoms with Crippen molar-refractivity contribution in [2.45, 2.75) is 0 Å². The quantitative estimate of drug-likeness (QED) is 0.303. The van der Waals surface area contributed by atoms with Crippen LogP contribution >= 0.6 is 22.9 Å². The Morgan fingerprint density at radius 2 is 1.57 bits per heavy atom. The molecule has 1 aliphatic heterocycles. The Labute approximate surface area is 223 Å². The third-order valence-corrected chi connectivity index (χ3v) is 7.66. The van der Waals surface area contributed by atoms with Gasteiger partial charge in [0.15, 0.2) is 0 Å². The lowest BCUT2D eigenvalue weighted by molar-refractivity contribution is 0.103. The van der Waals surface area contributed by atoms with Gasteiger partial charge in [-0.25, -0.2) is 4.98 Å². The number of benzene rings is 2. The van der Waals surface area contributed by atoms with Gasteiger partial charge in [0.25, 0.3) is 5.91 Å². The van der Waals surface area contributed by atoms with Crippen molar-refractivity contribution in [3.05, 3.63) is 94.5 Å². The first-order valence-electron chi connectivity index (χ1n) is 12.0. The fraction of sp³-hybridized carbons (Fsp3) is 0.143. The van der Waals surface area contributed by atoms with E-state index in [-0.39, 0.29) is 5.91 Å². The van der Waals surface area contributed by atoms with Crippen LogP contribution < -0.4 is 15.1 Å². The molecule has 0 radical (unpaired) electrons. The molecule has 6 rings (SSSR count). The van der Waals surface area contributed by atoms with Gasteiger partial charge in [-0.15, -0.1) is 11.3 Å². The highest BCUT2D eigenvalue weighted by Gasteiger charge is 2.19. The molecule has 1 amide bonds. The van der Waals surface area contributed by atoms with Crippen LogP contribution in [0.1, 0.15) is 9.67 Å². The van der Waals surface area contributed by atoms with Gasteiger partial charge in [0, 0.05) is 49.9 Å². The Bertz CT molecular complexity index is 1550. The van der Waals surface area contributed by atoms with E-state index >= 15 is 0 Å². The molecule has 0 bridgehead atoms. The molecule has 37 heavy (non-hydrogen) atoms. The van der Waals surface area contributed by atoms with Crippen molar-refractivity contribution in [2.24, 2.45) is 0 Å². The normalized spacial score (nSPS) is 13.6. The molecule has 1 saturated heterocycles. The second-order valence-corrected chi connectivity index (χ2v) is 10.5. The number of fused-ring (bicyclic) bond motifs is 1. The monoisotopic (exact) mass is 526 g/mol. The number of hydrogen-bond acceptors (Lipinski definition) is 7. The lowest BCUT2D eigenvalue weighted by Crippen LogP contribution is -2.46. The molecule has 2 aromatic carbocycles. The van der Waals surface area contributed by atoms with E-state index in [0.29, 0.717) is 9.21 Å². The maximum atomic E-state index is 12.4. The highest BCUT2D eigenvalue weighted by atomic mass is 35.5. The zero-order valence-electron chi connectivity index (χ0n) is 19.8. The van der Waals surface area contributed by atoms with Crippen molar-refractivity contribution in [1.29, 1.82) is 0 Å². The number of aromatic nitrogens is 3. The third kappa shape index (κ3) is 5.12. The number of hydrogen-bond donors (Lipinski definition) is 1. The van der Waals surface area contributed by atoms with E-state index in [1.807, 2.05) is 67.1 Å². The highest BCUT2D eigenvalue weighted by Crippen LogP contribution is 2.27. The van der Waals surface area contributed by atoms with Crippen molar-refractivity contribution in [2.75, 3.05) is 41.3 Å². The van der Waals surface area contributed by atoms with Crippen molar-refractivity contribution < 1.29 is 4.79 Å². The summed E-state index contributed by atoms with van der Waals surface area (Å²) in [6.07, 6.45) is 5.53. The number of rotatable bonds is 5. The molecule has 9 heteroatoms. The zero-order valence-corrected chi connectivity index (χ0v) is 21.4. The number of amides is 1. The van der Waals surface area contributed by atoms with E-state index < -0.39 is 0 Å². The first-order valence-corrected chi connectivity index (χ1v) is 13.2. The first-order chi connectivity index (χ1) is 18.1. The van der Waals surface area contributed by atoms with Crippen LogP contribution in [0.2, 0.25) is 4.34 Å². The van der Waals surface area contributed by atoms with Gasteiger partial charge >= 0.3 is 0 Å². The molecule has 1 fully saturated rings. The second kappa shape index (κ2) is 10.2. The Balaban J connectivity index is 1.16. The Morgan fingerprint density at radius 3 is 2.30 bits per heavy atom. The van der Waals surface area contributed by atoms with Crippen LogP contribution in [-0.4, -0.2) is 47.0 Å². The predicted octanol–water partition coefficient (Wildman–Crippen LogP) is 5.99. The summed E-state index contributed by atoms with van der Waals surface area (Å²) in [5.74, 6) is 0.727. The minimum absolute atomic E-state index is 0.167. The fourth-order valence-corrected chi connectivity index (χ4v) is 5.40. The first kappa shape index (κ1) is 23.4. The number of pyridine rings is 1. The minimum Gasteiger partial charge on any atom is -0.368 e. The summed E-state index contributed by atoms with van der Waals surface area (Å²) < 4.78 is 0.593. The molecule has 0 saturated carbocycles. The number of thiophene rings is 1. The summed E-state index contributed by atoms with van der Waals surface area (Å²) in [7, 11) is 0. The molecular weight excluding hydrogens is 504 g/mol. The summed E-state index contributed by atoms with van der Waals surface area (Å²) in [6.45, 7) is 3.61. The van der Waals surface area contributed by atoms with Crippen LogP contribution in [0.15, 0.2) is 85.3 Å². The number of carbonyl (C=O) groups excluding carboxylic acids is 1. The van der Waals surface area contributed by atoms with Crippen molar-refractivity contribution in [3.8, 4) is 11.1 Å².